The summed E-state index contributed by atoms with van der Waals surface area (Å²) in [6.07, 6.45) is 4.69. The van der Waals surface area contributed by atoms with Crippen LogP contribution in [0.1, 0.15) is 64.0 Å². The summed E-state index contributed by atoms with van der Waals surface area (Å²) in [6.45, 7) is 4.23. The van der Waals surface area contributed by atoms with E-state index in [0.29, 0.717) is 18.8 Å². The number of aliphatic hydroxyl groups excluding tert-OH is 1. The van der Waals surface area contributed by atoms with E-state index in [4.69, 9.17) is 11.6 Å². The molecule has 1 aliphatic heterocycles. The number of carbonyl (C=O) groups is 1. The van der Waals surface area contributed by atoms with Gasteiger partial charge in [-0.2, -0.15) is 0 Å². The zero-order chi connectivity index (χ0) is 19.6. The highest BCUT2D eigenvalue weighted by Crippen LogP contribution is 2.37. The lowest BCUT2D eigenvalue weighted by Crippen LogP contribution is -2.47. The maximum Gasteiger partial charge on any atom is 0.202 e. The quantitative estimate of drug-likeness (QED) is 0.700. The Kier molecular flexibility index (Phi) is 6.56. The first-order chi connectivity index (χ1) is 12.9. The molecule has 0 amide bonds. The van der Waals surface area contributed by atoms with Gasteiger partial charge in [-0.3, -0.25) is 10.1 Å². The Hall–Kier alpha value is -1.43. The molecule has 148 valence electrons. The minimum absolute atomic E-state index is 0.000332. The Balaban J connectivity index is 1.85. The van der Waals surface area contributed by atoms with Crippen molar-refractivity contribution in [3.8, 4) is 5.75 Å². The number of nitrogens with one attached hydrogen (secondary N) is 1. The van der Waals surface area contributed by atoms with Crippen molar-refractivity contribution in [1.29, 1.82) is 0 Å². The van der Waals surface area contributed by atoms with Gasteiger partial charge in [0.2, 0.25) is 6.35 Å². The zero-order valence-electron chi connectivity index (χ0n) is 16.0. The minimum atomic E-state index is -1.04. The number of carbonyl (C=O) groups excluding carboxylic acids is 1. The van der Waals surface area contributed by atoms with E-state index in [2.05, 4.69) is 17.2 Å². The fourth-order valence-electron chi connectivity index (χ4n) is 4.36. The molecule has 1 aromatic carbocycles. The van der Waals surface area contributed by atoms with E-state index < -0.39 is 18.3 Å². The molecule has 0 bridgehead atoms. The molecular weight excluding hydrogens is 364 g/mol. The SMILES string of the molecule is CCC1=NC(O)NC(c2ccc(O)c(Cl)c2)C1C(=O)CC1CCC(C)CC1. The molecule has 1 aliphatic carbocycles. The van der Waals surface area contributed by atoms with Gasteiger partial charge in [0, 0.05) is 12.1 Å². The molecule has 6 heteroatoms. The summed E-state index contributed by atoms with van der Waals surface area (Å²) in [5, 5.41) is 23.1. The van der Waals surface area contributed by atoms with E-state index in [1.54, 1.807) is 12.1 Å². The molecule has 0 aromatic heterocycles. The molecular formula is C21H29ClN2O3. The second kappa shape index (κ2) is 8.72. The molecule has 0 radical (unpaired) electrons. The Morgan fingerprint density at radius 2 is 2.00 bits per heavy atom. The second-order valence-corrected chi connectivity index (χ2v) is 8.38. The maximum atomic E-state index is 13.3. The Bertz CT molecular complexity index is 713. The highest BCUT2D eigenvalue weighted by molar-refractivity contribution is 6.32. The summed E-state index contributed by atoms with van der Waals surface area (Å²) in [7, 11) is 0. The Morgan fingerprint density at radius 3 is 2.63 bits per heavy atom. The number of benzene rings is 1. The monoisotopic (exact) mass is 392 g/mol. The molecule has 3 unspecified atom stereocenters. The van der Waals surface area contributed by atoms with Gasteiger partial charge >= 0.3 is 0 Å². The molecule has 0 saturated heterocycles. The van der Waals surface area contributed by atoms with E-state index in [9.17, 15) is 15.0 Å². The van der Waals surface area contributed by atoms with Crippen LogP contribution in [0.4, 0.5) is 0 Å². The number of hydrogen-bond donors (Lipinski definition) is 3. The first-order valence-corrected chi connectivity index (χ1v) is 10.3. The van der Waals surface area contributed by atoms with Gasteiger partial charge in [0.25, 0.3) is 0 Å². The largest absolute Gasteiger partial charge is 0.506 e. The fraction of sp³-hybridized carbons (Fsp3) is 0.619. The first-order valence-electron chi connectivity index (χ1n) is 9.90. The number of phenols is 1. The average Bonchev–Trinajstić information content (AvgIpc) is 2.65. The lowest BCUT2D eigenvalue weighted by molar-refractivity contribution is -0.123. The maximum absolute atomic E-state index is 13.3. The first kappa shape index (κ1) is 20.3. The van der Waals surface area contributed by atoms with Crippen molar-refractivity contribution >= 4 is 23.1 Å². The molecule has 0 spiro atoms. The molecule has 27 heavy (non-hydrogen) atoms. The van der Waals surface area contributed by atoms with E-state index in [1.165, 1.54) is 18.9 Å². The van der Waals surface area contributed by atoms with Crippen molar-refractivity contribution in [2.75, 3.05) is 0 Å². The number of aliphatic imine (C=N–C) groups is 1. The van der Waals surface area contributed by atoms with Gasteiger partial charge in [-0.15, -0.1) is 0 Å². The number of aromatic hydroxyl groups is 1. The molecule has 2 aliphatic rings. The van der Waals surface area contributed by atoms with Gasteiger partial charge < -0.3 is 10.2 Å². The van der Waals surface area contributed by atoms with Gasteiger partial charge in [-0.25, -0.2) is 4.99 Å². The number of ketones is 1. The summed E-state index contributed by atoms with van der Waals surface area (Å²) >= 11 is 6.08. The third kappa shape index (κ3) is 4.71. The smallest absolute Gasteiger partial charge is 0.202 e. The van der Waals surface area contributed by atoms with Crippen molar-refractivity contribution in [2.24, 2.45) is 22.7 Å². The minimum Gasteiger partial charge on any atom is -0.506 e. The second-order valence-electron chi connectivity index (χ2n) is 7.98. The van der Waals surface area contributed by atoms with E-state index in [-0.39, 0.29) is 16.6 Å². The highest BCUT2D eigenvalue weighted by atomic mass is 35.5. The van der Waals surface area contributed by atoms with Crippen LogP contribution in [0.3, 0.4) is 0 Å². The van der Waals surface area contributed by atoms with E-state index in [1.807, 2.05) is 6.92 Å². The third-order valence-corrected chi connectivity index (χ3v) is 6.28. The number of hydrogen-bond acceptors (Lipinski definition) is 5. The summed E-state index contributed by atoms with van der Waals surface area (Å²) in [5.41, 5.74) is 1.50. The van der Waals surface area contributed by atoms with Gasteiger partial charge in [0.1, 0.15) is 11.5 Å². The number of nitrogens with zero attached hydrogens (tertiary/aromatic N) is 1. The van der Waals surface area contributed by atoms with Crippen molar-refractivity contribution in [3.05, 3.63) is 28.8 Å². The van der Waals surface area contributed by atoms with Crippen LogP contribution >= 0.6 is 11.6 Å². The Labute approximate surface area is 165 Å². The highest BCUT2D eigenvalue weighted by Gasteiger charge is 2.38. The van der Waals surface area contributed by atoms with Crippen LogP contribution in [0.25, 0.3) is 0 Å². The molecule has 1 saturated carbocycles. The lowest BCUT2D eigenvalue weighted by Gasteiger charge is -2.35. The topological polar surface area (TPSA) is 81.9 Å². The third-order valence-electron chi connectivity index (χ3n) is 5.97. The lowest BCUT2D eigenvalue weighted by atomic mass is 9.76. The van der Waals surface area contributed by atoms with Crippen LogP contribution in [-0.4, -0.2) is 28.1 Å². The van der Waals surface area contributed by atoms with Crippen LogP contribution in [0, 0.1) is 17.8 Å². The van der Waals surface area contributed by atoms with Crippen LogP contribution in [-0.2, 0) is 4.79 Å². The molecule has 1 fully saturated rings. The number of aliphatic hydroxyl groups is 1. The van der Waals surface area contributed by atoms with Crippen molar-refractivity contribution < 1.29 is 15.0 Å². The van der Waals surface area contributed by atoms with E-state index >= 15 is 0 Å². The molecule has 1 heterocycles. The van der Waals surface area contributed by atoms with Gasteiger partial charge in [-0.05, 0) is 48.8 Å². The molecule has 3 rings (SSSR count). The summed E-state index contributed by atoms with van der Waals surface area (Å²) < 4.78 is 0. The molecule has 3 N–H and O–H groups in total. The van der Waals surface area contributed by atoms with Gasteiger partial charge in [0.15, 0.2) is 0 Å². The molecule has 3 atom stereocenters. The predicted molar refractivity (Wildman–Crippen MR) is 107 cm³/mol. The number of rotatable bonds is 5. The van der Waals surface area contributed by atoms with Crippen molar-refractivity contribution in [1.82, 2.24) is 5.32 Å². The zero-order valence-corrected chi connectivity index (χ0v) is 16.7. The predicted octanol–water partition coefficient (Wildman–Crippen LogP) is 4.22. The van der Waals surface area contributed by atoms with Gasteiger partial charge in [-0.1, -0.05) is 44.4 Å². The summed E-state index contributed by atoms with van der Waals surface area (Å²) in [6, 6.07) is 4.52. The standard InChI is InChI=1S/C21H29ClN2O3/c1-3-16-19(18(26)10-13-6-4-12(2)5-7-13)20(24-21(27)23-16)14-8-9-17(25)15(22)11-14/h8-9,11-13,19-21,24-25,27H,3-7,10H2,1-2H3. The summed E-state index contributed by atoms with van der Waals surface area (Å²) in [4.78, 5) is 17.6. The van der Waals surface area contributed by atoms with Crippen LogP contribution < -0.4 is 5.32 Å². The van der Waals surface area contributed by atoms with Crippen LogP contribution in [0.15, 0.2) is 23.2 Å². The number of halogens is 1. The fourth-order valence-corrected chi connectivity index (χ4v) is 4.55. The van der Waals surface area contributed by atoms with Crippen molar-refractivity contribution in [3.63, 3.8) is 0 Å². The van der Waals surface area contributed by atoms with Crippen LogP contribution in [0.2, 0.25) is 5.02 Å². The van der Waals surface area contributed by atoms with E-state index in [0.717, 1.165) is 30.0 Å². The number of Topliss-reactive ketones (excluding diaryl/α,β-unsaturated/α-hetero) is 1. The summed E-state index contributed by atoms with van der Waals surface area (Å²) in [5.74, 6) is 0.938. The molecule has 5 nitrogen and oxygen atoms in total. The van der Waals surface area contributed by atoms with Crippen LogP contribution in [0.5, 0.6) is 5.75 Å². The molecule has 1 aromatic rings. The average molecular weight is 393 g/mol. The number of phenolic OH excluding ortho intramolecular Hbond substituents is 1. The van der Waals surface area contributed by atoms with Gasteiger partial charge in [0.05, 0.1) is 17.0 Å². The van der Waals surface area contributed by atoms with Crippen molar-refractivity contribution in [2.45, 2.75) is 64.8 Å². The Morgan fingerprint density at radius 1 is 1.30 bits per heavy atom. The normalized spacial score (nSPS) is 31.4.